The van der Waals surface area contributed by atoms with Gasteiger partial charge in [0.05, 0.1) is 18.6 Å². The lowest BCUT2D eigenvalue weighted by Crippen LogP contribution is -2.17. The van der Waals surface area contributed by atoms with Gasteiger partial charge < -0.3 is 24.3 Å². The number of carbonyl (C=O) groups excluding carboxylic acids is 1. The molecule has 0 spiro atoms. The topological polar surface area (TPSA) is 66.0 Å². The Hall–Kier alpha value is -3.49. The van der Waals surface area contributed by atoms with Crippen molar-refractivity contribution in [2.75, 3.05) is 13.7 Å². The molecule has 0 radical (unpaired) electrons. The monoisotopic (exact) mass is 507 g/mol. The highest BCUT2D eigenvalue weighted by molar-refractivity contribution is 8.26. The van der Waals surface area contributed by atoms with Crippen molar-refractivity contribution in [3.63, 3.8) is 0 Å². The number of thioether (sulfide) groups is 1. The third-order valence-corrected chi connectivity index (χ3v) is 6.23. The fraction of sp³-hybridized carbons (Fsp3) is 0.185. The van der Waals surface area contributed by atoms with Crippen molar-refractivity contribution in [2.45, 2.75) is 20.1 Å². The average molecular weight is 508 g/mol. The summed E-state index contributed by atoms with van der Waals surface area (Å²) in [6, 6.07) is 21.3. The zero-order chi connectivity index (χ0) is 24.6. The zero-order valence-corrected chi connectivity index (χ0v) is 21.0. The lowest BCUT2D eigenvalue weighted by molar-refractivity contribution is -0.115. The molecule has 0 aromatic heterocycles. The molecule has 0 saturated carbocycles. The molecular weight excluding hydrogens is 482 g/mol. The quantitative estimate of drug-likeness (QED) is 0.277. The molecule has 6 nitrogen and oxygen atoms in total. The second-order valence-corrected chi connectivity index (χ2v) is 9.26. The van der Waals surface area contributed by atoms with E-state index in [4.69, 9.17) is 31.2 Å². The minimum atomic E-state index is -0.194. The van der Waals surface area contributed by atoms with Crippen LogP contribution in [0.25, 0.3) is 6.08 Å². The van der Waals surface area contributed by atoms with E-state index >= 15 is 0 Å². The van der Waals surface area contributed by atoms with Gasteiger partial charge in [-0.3, -0.25) is 4.79 Å². The van der Waals surface area contributed by atoms with Crippen LogP contribution in [0, 0.1) is 0 Å². The minimum absolute atomic E-state index is 0.194. The summed E-state index contributed by atoms with van der Waals surface area (Å²) in [5.41, 5.74) is 2.83. The maximum absolute atomic E-state index is 11.9. The van der Waals surface area contributed by atoms with Crippen molar-refractivity contribution in [1.82, 2.24) is 5.32 Å². The van der Waals surface area contributed by atoms with Crippen molar-refractivity contribution in [1.29, 1.82) is 0 Å². The normalized spacial score (nSPS) is 14.1. The number of rotatable bonds is 10. The van der Waals surface area contributed by atoms with Crippen LogP contribution < -0.4 is 24.3 Å². The Morgan fingerprint density at radius 1 is 0.857 bits per heavy atom. The van der Waals surface area contributed by atoms with Crippen LogP contribution in [0.3, 0.4) is 0 Å². The van der Waals surface area contributed by atoms with E-state index in [0.29, 0.717) is 52.0 Å². The van der Waals surface area contributed by atoms with Crippen molar-refractivity contribution in [3.8, 4) is 23.0 Å². The molecule has 180 valence electrons. The second kappa shape index (κ2) is 11.8. The molecule has 1 N–H and O–H groups in total. The molecule has 35 heavy (non-hydrogen) atoms. The summed E-state index contributed by atoms with van der Waals surface area (Å²) in [6.07, 6.45) is 1.77. The molecule has 1 fully saturated rings. The number of carbonyl (C=O) groups is 1. The van der Waals surface area contributed by atoms with Crippen LogP contribution >= 0.6 is 24.0 Å². The van der Waals surface area contributed by atoms with Gasteiger partial charge in [0, 0.05) is 0 Å². The van der Waals surface area contributed by atoms with E-state index in [0.717, 1.165) is 16.7 Å². The molecular formula is C27H25NO5S2. The first-order chi connectivity index (χ1) is 17.1. The predicted octanol–water partition coefficient (Wildman–Crippen LogP) is 5.74. The molecule has 1 aliphatic heterocycles. The van der Waals surface area contributed by atoms with E-state index in [1.807, 2.05) is 73.7 Å². The number of nitrogens with one attached hydrogen (secondary N) is 1. The Bertz CT molecular complexity index is 1240. The van der Waals surface area contributed by atoms with Crippen molar-refractivity contribution < 1.29 is 23.7 Å². The van der Waals surface area contributed by atoms with Crippen LogP contribution in [0.15, 0.2) is 71.6 Å². The van der Waals surface area contributed by atoms with Crippen LogP contribution in [-0.2, 0) is 18.0 Å². The van der Waals surface area contributed by atoms with Crippen molar-refractivity contribution in [2.24, 2.45) is 0 Å². The zero-order valence-electron chi connectivity index (χ0n) is 19.4. The van der Waals surface area contributed by atoms with Gasteiger partial charge in [0.2, 0.25) is 0 Å². The van der Waals surface area contributed by atoms with Crippen LogP contribution in [0.1, 0.15) is 23.6 Å². The highest BCUT2D eigenvalue weighted by atomic mass is 32.2. The van der Waals surface area contributed by atoms with Gasteiger partial charge in [-0.05, 0) is 54.0 Å². The van der Waals surface area contributed by atoms with Gasteiger partial charge in [0.15, 0.2) is 23.0 Å². The third-order valence-electron chi connectivity index (χ3n) is 5.07. The summed E-state index contributed by atoms with van der Waals surface area (Å²) >= 11 is 6.28. The van der Waals surface area contributed by atoms with Gasteiger partial charge in [0.25, 0.3) is 5.91 Å². The van der Waals surface area contributed by atoms with Crippen molar-refractivity contribution >= 4 is 40.3 Å². The van der Waals surface area contributed by atoms with Gasteiger partial charge >= 0.3 is 0 Å². The molecule has 4 rings (SSSR count). The first-order valence-corrected chi connectivity index (χ1v) is 12.3. The van der Waals surface area contributed by atoms with Crippen LogP contribution in [0.2, 0.25) is 0 Å². The lowest BCUT2D eigenvalue weighted by Gasteiger charge is -2.15. The van der Waals surface area contributed by atoms with E-state index in [9.17, 15) is 4.79 Å². The number of amides is 1. The fourth-order valence-electron chi connectivity index (χ4n) is 3.39. The first-order valence-electron chi connectivity index (χ1n) is 11.0. The van der Waals surface area contributed by atoms with Crippen LogP contribution in [0.4, 0.5) is 0 Å². The number of hydrogen-bond acceptors (Lipinski definition) is 7. The molecule has 0 unspecified atom stereocenters. The van der Waals surface area contributed by atoms with Gasteiger partial charge in [-0.25, -0.2) is 0 Å². The molecule has 1 heterocycles. The number of ether oxygens (including phenoxy) is 4. The molecule has 0 atom stereocenters. The molecule has 1 aliphatic rings. The number of thiocarbonyl (C=S) groups is 1. The fourth-order valence-corrected chi connectivity index (χ4v) is 4.44. The maximum atomic E-state index is 11.9. The second-order valence-electron chi connectivity index (χ2n) is 7.54. The predicted molar refractivity (Wildman–Crippen MR) is 142 cm³/mol. The maximum Gasteiger partial charge on any atom is 0.263 e. The number of methoxy groups -OCH3 is 1. The van der Waals surface area contributed by atoms with Crippen molar-refractivity contribution in [3.05, 3.63) is 88.3 Å². The van der Waals surface area contributed by atoms with E-state index in [1.54, 1.807) is 13.2 Å². The summed E-state index contributed by atoms with van der Waals surface area (Å²) in [4.78, 5) is 12.5. The highest BCUT2D eigenvalue weighted by Gasteiger charge is 2.22. The van der Waals surface area contributed by atoms with Gasteiger partial charge in [-0.15, -0.1) is 0 Å². The Balaban J connectivity index is 1.44. The Labute approximate surface area is 214 Å². The standard InChI is InChI=1S/C27H25NO5S2/c1-3-31-24-14-20(10-12-22(24)32-16-18-7-5-4-6-8-18)17-33-21-11-9-19(13-23(21)30-2)15-25-26(29)28-27(34)35-25/h4-15H,3,16-17H2,1-2H3,(H,28,29,34)/b25-15+. The average Bonchev–Trinajstić information content (AvgIpc) is 3.19. The molecule has 1 amide bonds. The van der Waals surface area contributed by atoms with E-state index < -0.39 is 0 Å². The smallest absolute Gasteiger partial charge is 0.263 e. The minimum Gasteiger partial charge on any atom is -0.493 e. The van der Waals surface area contributed by atoms with E-state index in [1.165, 1.54) is 11.8 Å². The summed E-state index contributed by atoms with van der Waals surface area (Å²) in [6.45, 7) is 3.25. The molecule has 0 bridgehead atoms. The van der Waals surface area contributed by atoms with Gasteiger partial charge in [0.1, 0.15) is 17.5 Å². The largest absolute Gasteiger partial charge is 0.493 e. The molecule has 0 aliphatic carbocycles. The first kappa shape index (κ1) is 24.6. The van der Waals surface area contributed by atoms with E-state index in [2.05, 4.69) is 5.32 Å². The molecule has 8 heteroatoms. The summed E-state index contributed by atoms with van der Waals surface area (Å²) in [7, 11) is 1.58. The molecule has 3 aromatic rings. The Morgan fingerprint density at radius 2 is 1.57 bits per heavy atom. The van der Waals surface area contributed by atoms with Crippen LogP contribution in [-0.4, -0.2) is 23.9 Å². The van der Waals surface area contributed by atoms with E-state index in [-0.39, 0.29) is 5.91 Å². The Morgan fingerprint density at radius 3 is 2.26 bits per heavy atom. The summed E-state index contributed by atoms with van der Waals surface area (Å²) in [5.74, 6) is 2.32. The number of hydrogen-bond donors (Lipinski definition) is 1. The lowest BCUT2D eigenvalue weighted by atomic mass is 10.1. The third kappa shape index (κ3) is 6.55. The molecule has 3 aromatic carbocycles. The van der Waals surface area contributed by atoms with Crippen LogP contribution in [0.5, 0.6) is 23.0 Å². The highest BCUT2D eigenvalue weighted by Crippen LogP contribution is 2.33. The molecule has 1 saturated heterocycles. The Kier molecular flexibility index (Phi) is 8.28. The number of benzene rings is 3. The summed E-state index contributed by atoms with van der Waals surface area (Å²) < 4.78 is 23.8. The summed E-state index contributed by atoms with van der Waals surface area (Å²) in [5, 5.41) is 2.61. The van der Waals surface area contributed by atoms with Gasteiger partial charge in [-0.2, -0.15) is 0 Å². The SMILES string of the molecule is CCOc1cc(COc2ccc(/C=C3/SC(=S)NC3=O)cc2OC)ccc1OCc1ccccc1. The van der Waals surface area contributed by atoms with Gasteiger partial charge in [-0.1, -0.05) is 66.4 Å².